The molecular formula is C12H18N2O2. The van der Waals surface area contributed by atoms with Gasteiger partial charge in [-0.3, -0.25) is 5.21 Å². The van der Waals surface area contributed by atoms with E-state index in [1.807, 2.05) is 6.08 Å². The van der Waals surface area contributed by atoms with Gasteiger partial charge in [0.25, 0.3) is 0 Å². The van der Waals surface area contributed by atoms with Crippen molar-refractivity contribution < 1.29 is 10.0 Å². The molecule has 0 spiro atoms. The fourth-order valence-electron chi connectivity index (χ4n) is 1.67. The molecule has 4 nitrogen and oxygen atoms in total. The average Bonchev–Trinajstić information content (AvgIpc) is 2.61. The molecule has 1 rings (SSSR count). The summed E-state index contributed by atoms with van der Waals surface area (Å²) < 4.78 is 0. The molecular weight excluding hydrogens is 204 g/mol. The summed E-state index contributed by atoms with van der Waals surface area (Å²) in [6.45, 7) is 6.07. The predicted molar refractivity (Wildman–Crippen MR) is 62.9 cm³/mol. The topological polar surface area (TPSA) is 61.4 Å². The van der Waals surface area contributed by atoms with Crippen molar-refractivity contribution in [3.8, 4) is 0 Å². The Morgan fingerprint density at radius 1 is 1.44 bits per heavy atom. The van der Waals surface area contributed by atoms with Crippen LogP contribution in [-0.2, 0) is 0 Å². The average molecular weight is 222 g/mol. The molecule has 0 aliphatic heterocycles. The lowest BCUT2D eigenvalue weighted by molar-refractivity contribution is 0.164. The van der Waals surface area contributed by atoms with Crippen molar-refractivity contribution in [2.45, 2.75) is 32.6 Å². The van der Waals surface area contributed by atoms with E-state index in [0.717, 1.165) is 42.5 Å². The Balaban J connectivity index is 2.63. The van der Waals surface area contributed by atoms with Crippen LogP contribution in [0.25, 0.3) is 0 Å². The lowest BCUT2D eigenvalue weighted by Crippen LogP contribution is -2.32. The Bertz CT molecular complexity index is 343. The third kappa shape index (κ3) is 3.24. The van der Waals surface area contributed by atoms with E-state index in [9.17, 15) is 4.79 Å². The maximum absolute atomic E-state index is 11.0. The first kappa shape index (κ1) is 12.5. The molecule has 3 N–H and O–H groups in total. The zero-order chi connectivity index (χ0) is 12.0. The lowest BCUT2D eigenvalue weighted by Gasteiger charge is -2.09. The van der Waals surface area contributed by atoms with Crippen LogP contribution in [0.2, 0.25) is 0 Å². The first-order valence-corrected chi connectivity index (χ1v) is 5.50. The molecule has 1 aliphatic rings. The molecule has 0 fully saturated rings. The molecule has 1 aliphatic carbocycles. The van der Waals surface area contributed by atoms with E-state index in [-0.39, 0.29) is 0 Å². The number of hydroxylamine groups is 1. The molecule has 0 bridgehead atoms. The van der Waals surface area contributed by atoms with Crippen molar-refractivity contribution in [2.24, 2.45) is 0 Å². The van der Waals surface area contributed by atoms with Gasteiger partial charge in [-0.2, -0.15) is 0 Å². The summed E-state index contributed by atoms with van der Waals surface area (Å²) in [5.41, 5.74) is 4.26. The van der Waals surface area contributed by atoms with Crippen molar-refractivity contribution in [3.05, 3.63) is 35.6 Å². The quantitative estimate of drug-likeness (QED) is 0.380. The minimum absolute atomic E-state index is 0.623. The molecule has 0 aromatic carbocycles. The molecule has 88 valence electrons. The monoisotopic (exact) mass is 222 g/mol. The van der Waals surface area contributed by atoms with E-state index in [4.69, 9.17) is 5.21 Å². The van der Waals surface area contributed by atoms with Gasteiger partial charge in [0, 0.05) is 5.70 Å². The van der Waals surface area contributed by atoms with Crippen LogP contribution in [0.5, 0.6) is 0 Å². The Hall–Kier alpha value is -1.55. The van der Waals surface area contributed by atoms with Gasteiger partial charge in [0.1, 0.15) is 0 Å². The van der Waals surface area contributed by atoms with Crippen LogP contribution in [0.15, 0.2) is 35.6 Å². The minimum Gasteiger partial charge on any atom is -0.306 e. The van der Waals surface area contributed by atoms with E-state index in [0.29, 0.717) is 0 Å². The van der Waals surface area contributed by atoms with Gasteiger partial charge in [0.2, 0.25) is 0 Å². The number of hydrogen-bond acceptors (Lipinski definition) is 2. The molecule has 0 atom stereocenters. The summed E-state index contributed by atoms with van der Waals surface area (Å²) in [6.07, 6.45) is 7.98. The summed E-state index contributed by atoms with van der Waals surface area (Å²) >= 11 is 0. The summed E-state index contributed by atoms with van der Waals surface area (Å²) in [5, 5.41) is 11.0. The number of carbonyl (C=O) groups is 1. The smallest absolute Gasteiger partial charge is 0.306 e. The number of urea groups is 1. The standard InChI is InChI=1S/C12H18N2O2/c1-3-4-5-6-10-9(2)7-8-11(10)13-12(15)14-16/h7-8,16H,2-6H2,1H3,(H2,13,14,15). The normalized spacial score (nSPS) is 14.5. The summed E-state index contributed by atoms with van der Waals surface area (Å²) in [6, 6.07) is -0.623. The molecule has 0 unspecified atom stereocenters. The van der Waals surface area contributed by atoms with Crippen LogP contribution in [-0.4, -0.2) is 11.2 Å². The van der Waals surface area contributed by atoms with Crippen LogP contribution in [0.1, 0.15) is 32.6 Å². The van der Waals surface area contributed by atoms with Gasteiger partial charge in [0.15, 0.2) is 0 Å². The first-order valence-electron chi connectivity index (χ1n) is 5.50. The number of amides is 2. The van der Waals surface area contributed by atoms with Crippen LogP contribution in [0.3, 0.4) is 0 Å². The summed E-state index contributed by atoms with van der Waals surface area (Å²) in [7, 11) is 0. The number of hydrogen-bond donors (Lipinski definition) is 3. The number of carbonyl (C=O) groups excluding carboxylic acids is 1. The fourth-order valence-corrected chi connectivity index (χ4v) is 1.67. The third-order valence-corrected chi connectivity index (χ3v) is 2.54. The highest BCUT2D eigenvalue weighted by atomic mass is 16.5. The Morgan fingerprint density at radius 3 is 2.81 bits per heavy atom. The molecule has 16 heavy (non-hydrogen) atoms. The van der Waals surface area contributed by atoms with Gasteiger partial charge in [-0.1, -0.05) is 32.4 Å². The van der Waals surface area contributed by atoms with Crippen molar-refractivity contribution in [1.29, 1.82) is 0 Å². The van der Waals surface area contributed by atoms with E-state index in [2.05, 4.69) is 18.8 Å². The molecule has 0 aromatic heterocycles. The highest BCUT2D eigenvalue weighted by molar-refractivity contribution is 5.76. The van der Waals surface area contributed by atoms with Crippen molar-refractivity contribution in [1.82, 2.24) is 10.8 Å². The maximum atomic E-state index is 11.0. The second-order valence-electron chi connectivity index (χ2n) is 3.77. The molecule has 0 saturated heterocycles. The second kappa shape index (κ2) is 6.12. The zero-order valence-electron chi connectivity index (χ0n) is 9.55. The largest absolute Gasteiger partial charge is 0.342 e. The van der Waals surface area contributed by atoms with Gasteiger partial charge in [-0.05, 0) is 30.1 Å². The molecule has 0 aromatic rings. The van der Waals surface area contributed by atoms with Crippen molar-refractivity contribution in [3.63, 3.8) is 0 Å². The van der Waals surface area contributed by atoms with Crippen LogP contribution >= 0.6 is 0 Å². The number of unbranched alkanes of at least 4 members (excludes halogenated alkanes) is 2. The molecule has 0 radical (unpaired) electrons. The maximum Gasteiger partial charge on any atom is 0.342 e. The Labute approximate surface area is 95.7 Å². The van der Waals surface area contributed by atoms with Gasteiger partial charge < -0.3 is 5.32 Å². The highest BCUT2D eigenvalue weighted by Crippen LogP contribution is 2.26. The predicted octanol–water partition coefficient (Wildman–Crippen LogP) is 2.64. The van der Waals surface area contributed by atoms with Crippen LogP contribution < -0.4 is 10.8 Å². The SMILES string of the molecule is C=C1C=CC(NC(=O)NO)=C1CCCCC. The van der Waals surface area contributed by atoms with E-state index >= 15 is 0 Å². The third-order valence-electron chi connectivity index (χ3n) is 2.54. The molecule has 0 heterocycles. The highest BCUT2D eigenvalue weighted by Gasteiger charge is 2.14. The van der Waals surface area contributed by atoms with E-state index < -0.39 is 6.03 Å². The Morgan fingerprint density at radius 2 is 2.19 bits per heavy atom. The zero-order valence-corrected chi connectivity index (χ0v) is 9.55. The lowest BCUT2D eigenvalue weighted by atomic mass is 10.0. The number of allylic oxidation sites excluding steroid dienone is 4. The van der Waals surface area contributed by atoms with Gasteiger partial charge in [-0.15, -0.1) is 0 Å². The van der Waals surface area contributed by atoms with E-state index in [1.165, 1.54) is 0 Å². The van der Waals surface area contributed by atoms with Crippen LogP contribution in [0.4, 0.5) is 4.79 Å². The number of nitrogens with one attached hydrogen (secondary N) is 2. The first-order chi connectivity index (χ1) is 7.69. The summed E-state index contributed by atoms with van der Waals surface area (Å²) in [5.74, 6) is 0. The minimum atomic E-state index is -0.623. The van der Waals surface area contributed by atoms with Gasteiger partial charge in [-0.25, -0.2) is 10.3 Å². The Kier molecular flexibility index (Phi) is 4.79. The van der Waals surface area contributed by atoms with Crippen molar-refractivity contribution in [2.75, 3.05) is 0 Å². The molecule has 2 amide bonds. The molecule has 0 saturated carbocycles. The molecule has 4 heteroatoms. The van der Waals surface area contributed by atoms with Gasteiger partial charge >= 0.3 is 6.03 Å². The number of rotatable bonds is 5. The van der Waals surface area contributed by atoms with Crippen LogP contribution in [0, 0.1) is 0 Å². The second-order valence-corrected chi connectivity index (χ2v) is 3.77. The van der Waals surface area contributed by atoms with Gasteiger partial charge in [0.05, 0.1) is 0 Å². The summed E-state index contributed by atoms with van der Waals surface area (Å²) in [4.78, 5) is 11.0. The van der Waals surface area contributed by atoms with Crippen molar-refractivity contribution >= 4 is 6.03 Å². The van der Waals surface area contributed by atoms with E-state index in [1.54, 1.807) is 11.6 Å². The fraction of sp³-hybridized carbons (Fsp3) is 0.417.